The molecule has 2 nitrogen and oxygen atoms in total. The Balaban J connectivity index is 0.000000180. The summed E-state index contributed by atoms with van der Waals surface area (Å²) in [6.07, 6.45) is 0. The minimum Gasteiger partial charge on any atom is -0.507 e. The monoisotopic (exact) mass is 500 g/mol. The van der Waals surface area contributed by atoms with Crippen LogP contribution in [0.25, 0.3) is 0 Å². The molecule has 0 amide bonds. The van der Waals surface area contributed by atoms with Crippen LogP contribution in [0.1, 0.15) is 0 Å². The average Bonchev–Trinajstić information content (AvgIpc) is 2.30. The normalized spacial score (nSPS) is 9.56. The second kappa shape index (κ2) is 7.53. The van der Waals surface area contributed by atoms with Gasteiger partial charge in [-0.05, 0) is 68.3 Å². The highest BCUT2D eigenvalue weighted by Gasteiger charge is 1.95. The van der Waals surface area contributed by atoms with Crippen molar-refractivity contribution in [2.24, 2.45) is 0 Å². The molecule has 0 fully saturated rings. The maximum absolute atomic E-state index is 8.98. The SMILES string of the molecule is Oc1ccc(Br)cc1Br.Oc1ccc(Br)cc1Br. The van der Waals surface area contributed by atoms with Gasteiger partial charge < -0.3 is 10.2 Å². The number of benzene rings is 2. The molecule has 0 aromatic heterocycles. The van der Waals surface area contributed by atoms with Crippen molar-refractivity contribution in [3.05, 3.63) is 54.3 Å². The summed E-state index contributed by atoms with van der Waals surface area (Å²) in [6, 6.07) is 10.4. The fourth-order valence-electron chi connectivity index (χ4n) is 0.963. The van der Waals surface area contributed by atoms with Crippen LogP contribution in [-0.4, -0.2) is 10.2 Å². The Morgan fingerprint density at radius 3 is 1.17 bits per heavy atom. The molecule has 2 aromatic carbocycles. The Kier molecular flexibility index (Phi) is 6.70. The van der Waals surface area contributed by atoms with Gasteiger partial charge in [0.2, 0.25) is 0 Å². The molecule has 0 radical (unpaired) electrons. The van der Waals surface area contributed by atoms with Crippen molar-refractivity contribution in [2.45, 2.75) is 0 Å². The molecular weight excluding hydrogens is 496 g/mol. The maximum Gasteiger partial charge on any atom is 0.129 e. The molecule has 0 aliphatic heterocycles. The van der Waals surface area contributed by atoms with Gasteiger partial charge in [-0.3, -0.25) is 0 Å². The third-order valence-corrected chi connectivity index (χ3v) is 4.08. The van der Waals surface area contributed by atoms with Crippen LogP contribution in [0, 0.1) is 0 Å². The van der Waals surface area contributed by atoms with Gasteiger partial charge in [-0.1, -0.05) is 31.9 Å². The van der Waals surface area contributed by atoms with E-state index in [-0.39, 0.29) is 11.5 Å². The Bertz CT molecular complexity index is 494. The minimum atomic E-state index is 0.262. The quantitative estimate of drug-likeness (QED) is 0.475. The molecule has 2 rings (SSSR count). The number of phenols is 2. The van der Waals surface area contributed by atoms with E-state index in [9.17, 15) is 0 Å². The zero-order valence-corrected chi connectivity index (χ0v) is 15.2. The first-order valence-electron chi connectivity index (χ1n) is 4.68. The summed E-state index contributed by atoms with van der Waals surface area (Å²) < 4.78 is 3.31. The molecule has 2 N–H and O–H groups in total. The molecule has 0 aliphatic rings. The summed E-state index contributed by atoms with van der Waals surface area (Å²) in [5, 5.41) is 18.0. The third kappa shape index (κ3) is 5.30. The van der Waals surface area contributed by atoms with Crippen molar-refractivity contribution in [3.63, 3.8) is 0 Å². The van der Waals surface area contributed by atoms with E-state index < -0.39 is 0 Å². The summed E-state index contributed by atoms with van der Waals surface area (Å²) >= 11 is 12.8. The number of aromatic hydroxyl groups is 2. The molecule has 0 atom stereocenters. The number of rotatable bonds is 0. The van der Waals surface area contributed by atoms with Crippen molar-refractivity contribution < 1.29 is 10.2 Å². The maximum atomic E-state index is 8.98. The van der Waals surface area contributed by atoms with Gasteiger partial charge in [0, 0.05) is 8.95 Å². The Morgan fingerprint density at radius 2 is 0.944 bits per heavy atom. The summed E-state index contributed by atoms with van der Waals surface area (Å²) in [4.78, 5) is 0. The minimum absolute atomic E-state index is 0.262. The lowest BCUT2D eigenvalue weighted by Crippen LogP contribution is -1.67. The number of hydrogen-bond donors (Lipinski definition) is 2. The summed E-state index contributed by atoms with van der Waals surface area (Å²) in [6.45, 7) is 0. The van der Waals surface area contributed by atoms with Gasteiger partial charge in [0.05, 0.1) is 8.95 Å². The van der Waals surface area contributed by atoms with E-state index in [1.54, 1.807) is 36.4 Å². The highest BCUT2D eigenvalue weighted by molar-refractivity contribution is 9.11. The van der Waals surface area contributed by atoms with Crippen LogP contribution in [0.2, 0.25) is 0 Å². The largest absolute Gasteiger partial charge is 0.507 e. The second-order valence-corrected chi connectivity index (χ2v) is 6.73. The lowest BCUT2D eigenvalue weighted by molar-refractivity contribution is 0.471. The highest BCUT2D eigenvalue weighted by Crippen LogP contribution is 2.27. The molecule has 0 aliphatic carbocycles. The Labute approximate surface area is 139 Å². The Morgan fingerprint density at radius 1 is 0.611 bits per heavy atom. The van der Waals surface area contributed by atoms with E-state index in [0.29, 0.717) is 8.95 Å². The van der Waals surface area contributed by atoms with Gasteiger partial charge >= 0.3 is 0 Å². The first-order valence-corrected chi connectivity index (χ1v) is 7.85. The molecular formula is C12H8Br4O2. The summed E-state index contributed by atoms with van der Waals surface area (Å²) in [7, 11) is 0. The molecule has 0 spiro atoms. The van der Waals surface area contributed by atoms with E-state index in [0.717, 1.165) is 8.95 Å². The predicted octanol–water partition coefficient (Wildman–Crippen LogP) is 5.83. The molecule has 0 unspecified atom stereocenters. The summed E-state index contributed by atoms with van der Waals surface area (Å²) in [5.41, 5.74) is 0. The zero-order chi connectivity index (χ0) is 13.7. The lowest BCUT2D eigenvalue weighted by Gasteiger charge is -1.94. The molecule has 0 bridgehead atoms. The Hall–Kier alpha value is -0.0400. The average molecular weight is 504 g/mol. The highest BCUT2D eigenvalue weighted by atomic mass is 79.9. The molecule has 18 heavy (non-hydrogen) atoms. The fourth-order valence-corrected chi connectivity index (χ4v) is 3.06. The van der Waals surface area contributed by atoms with Crippen LogP contribution >= 0.6 is 63.7 Å². The second-order valence-electron chi connectivity index (χ2n) is 3.19. The zero-order valence-electron chi connectivity index (χ0n) is 8.87. The number of hydrogen-bond acceptors (Lipinski definition) is 2. The smallest absolute Gasteiger partial charge is 0.129 e. The van der Waals surface area contributed by atoms with Gasteiger partial charge in [0.1, 0.15) is 11.5 Å². The molecule has 0 saturated carbocycles. The van der Waals surface area contributed by atoms with E-state index in [2.05, 4.69) is 63.7 Å². The molecule has 0 saturated heterocycles. The molecule has 0 heterocycles. The summed E-state index contributed by atoms with van der Waals surface area (Å²) in [5.74, 6) is 0.524. The van der Waals surface area contributed by atoms with Crippen molar-refractivity contribution in [2.75, 3.05) is 0 Å². The van der Waals surface area contributed by atoms with Crippen LogP contribution in [0.3, 0.4) is 0 Å². The van der Waals surface area contributed by atoms with E-state index in [1.165, 1.54) is 0 Å². The topological polar surface area (TPSA) is 40.5 Å². The predicted molar refractivity (Wildman–Crippen MR) is 87.0 cm³/mol. The van der Waals surface area contributed by atoms with Gasteiger partial charge in [0.15, 0.2) is 0 Å². The number of halogens is 4. The molecule has 2 aromatic rings. The molecule has 96 valence electrons. The van der Waals surface area contributed by atoms with Gasteiger partial charge in [0.25, 0.3) is 0 Å². The van der Waals surface area contributed by atoms with Crippen LogP contribution in [0.4, 0.5) is 0 Å². The first-order chi connectivity index (χ1) is 8.40. The number of phenolic OH excluding ortho intramolecular Hbond substituents is 2. The third-order valence-electron chi connectivity index (χ3n) is 1.82. The lowest BCUT2D eigenvalue weighted by atomic mass is 10.3. The van der Waals surface area contributed by atoms with Gasteiger partial charge in [-0.2, -0.15) is 0 Å². The van der Waals surface area contributed by atoms with E-state index in [1.807, 2.05) is 0 Å². The fraction of sp³-hybridized carbons (Fsp3) is 0. The first kappa shape index (κ1) is 16.0. The van der Waals surface area contributed by atoms with Crippen molar-refractivity contribution >= 4 is 63.7 Å². The van der Waals surface area contributed by atoms with E-state index in [4.69, 9.17) is 10.2 Å². The van der Waals surface area contributed by atoms with Gasteiger partial charge in [-0.15, -0.1) is 0 Å². The standard InChI is InChI=1S/2C6H4Br2O/c2*7-4-1-2-6(9)5(8)3-4/h2*1-3,9H. The van der Waals surface area contributed by atoms with Crippen LogP contribution < -0.4 is 0 Å². The van der Waals surface area contributed by atoms with Crippen LogP contribution in [0.5, 0.6) is 11.5 Å². The van der Waals surface area contributed by atoms with Crippen molar-refractivity contribution in [1.82, 2.24) is 0 Å². The molecule has 6 heteroatoms. The van der Waals surface area contributed by atoms with Crippen LogP contribution in [-0.2, 0) is 0 Å². The van der Waals surface area contributed by atoms with Crippen LogP contribution in [0.15, 0.2) is 54.3 Å². The van der Waals surface area contributed by atoms with Gasteiger partial charge in [-0.25, -0.2) is 0 Å². The van der Waals surface area contributed by atoms with E-state index >= 15 is 0 Å². The van der Waals surface area contributed by atoms with Crippen molar-refractivity contribution in [1.29, 1.82) is 0 Å². The van der Waals surface area contributed by atoms with Crippen molar-refractivity contribution in [3.8, 4) is 11.5 Å².